The summed E-state index contributed by atoms with van der Waals surface area (Å²) in [6.45, 7) is 6.81. The Morgan fingerprint density at radius 3 is 1.21 bits per heavy atom. The lowest BCUT2D eigenvalue weighted by Crippen LogP contribution is -2.40. The molecule has 0 unspecified atom stereocenters. The number of hydrogen-bond donors (Lipinski definition) is 0. The Hall–Kier alpha value is -1.39. The van der Waals surface area contributed by atoms with Crippen LogP contribution in [0.1, 0.15) is 27.7 Å². The van der Waals surface area contributed by atoms with Gasteiger partial charge >= 0.3 is 17.8 Å². The highest BCUT2D eigenvalue weighted by Crippen LogP contribution is 2.17. The third-order valence-corrected chi connectivity index (χ3v) is 2.07. The molecule has 0 atom stereocenters. The zero-order chi connectivity index (χ0) is 11.0. The minimum atomic E-state index is -0.723. The summed E-state index contributed by atoms with van der Waals surface area (Å²) >= 11 is 0. The Balaban J connectivity index is 3.03. The van der Waals surface area contributed by atoms with Gasteiger partial charge in [0, 0.05) is 12.1 Å². The smallest absolute Gasteiger partial charge is 0.263 e. The van der Waals surface area contributed by atoms with Crippen LogP contribution in [0.3, 0.4) is 0 Å². The van der Waals surface area contributed by atoms with Crippen LogP contribution in [0, 0.1) is 0 Å². The largest absolute Gasteiger partial charge is 0.334 e. The summed E-state index contributed by atoms with van der Waals surface area (Å²) in [4.78, 5) is 36.4. The number of hydrogen-bond acceptors (Lipinski definition) is 3. The fourth-order valence-electron chi connectivity index (χ4n) is 1.41. The number of carbonyl (C=O) groups excluding carboxylic acids is 3. The van der Waals surface area contributed by atoms with Crippen molar-refractivity contribution in [2.24, 2.45) is 0 Å². The number of nitrogens with zero attached hydrogens (tertiary/aromatic N) is 2. The SMILES string of the molecule is CC(C)N1C(=O)C(=O)N(C(C)C)C1=O. The van der Waals surface area contributed by atoms with E-state index in [1.807, 2.05) is 0 Å². The summed E-state index contributed by atoms with van der Waals surface area (Å²) in [5, 5.41) is 0. The zero-order valence-electron chi connectivity index (χ0n) is 8.77. The average Bonchev–Trinajstić information content (AvgIpc) is 2.23. The summed E-state index contributed by atoms with van der Waals surface area (Å²) in [6.07, 6.45) is 0. The first-order valence-electron chi connectivity index (χ1n) is 4.58. The molecular formula is C9H14N2O3. The van der Waals surface area contributed by atoms with Gasteiger partial charge in [-0.25, -0.2) is 4.79 Å². The molecular weight excluding hydrogens is 184 g/mol. The minimum Gasteiger partial charge on any atom is -0.263 e. The molecule has 1 saturated heterocycles. The molecule has 4 amide bonds. The Labute approximate surface area is 82.7 Å². The Morgan fingerprint density at radius 1 is 0.786 bits per heavy atom. The van der Waals surface area contributed by atoms with Gasteiger partial charge in [0.05, 0.1) is 0 Å². The maximum absolute atomic E-state index is 11.6. The molecule has 14 heavy (non-hydrogen) atoms. The van der Waals surface area contributed by atoms with Gasteiger partial charge in [-0.05, 0) is 27.7 Å². The van der Waals surface area contributed by atoms with Gasteiger partial charge in [-0.3, -0.25) is 19.4 Å². The van der Waals surface area contributed by atoms with Crippen molar-refractivity contribution in [3.63, 3.8) is 0 Å². The van der Waals surface area contributed by atoms with E-state index in [0.29, 0.717) is 0 Å². The van der Waals surface area contributed by atoms with Crippen LogP contribution in [0.15, 0.2) is 0 Å². The van der Waals surface area contributed by atoms with Crippen LogP contribution in [0.2, 0.25) is 0 Å². The summed E-state index contributed by atoms with van der Waals surface area (Å²) < 4.78 is 0. The van der Waals surface area contributed by atoms with Gasteiger partial charge in [0.15, 0.2) is 0 Å². The van der Waals surface area contributed by atoms with E-state index in [4.69, 9.17) is 0 Å². The van der Waals surface area contributed by atoms with E-state index < -0.39 is 17.8 Å². The first-order valence-corrected chi connectivity index (χ1v) is 4.58. The molecule has 0 aliphatic carbocycles. The third kappa shape index (κ3) is 1.38. The molecule has 0 aromatic carbocycles. The molecule has 0 saturated carbocycles. The molecule has 1 aliphatic rings. The van der Waals surface area contributed by atoms with Crippen LogP contribution in [0.4, 0.5) is 4.79 Å². The molecule has 0 aromatic rings. The van der Waals surface area contributed by atoms with Crippen LogP contribution in [0.25, 0.3) is 0 Å². The van der Waals surface area contributed by atoms with Crippen LogP contribution in [-0.2, 0) is 9.59 Å². The third-order valence-electron chi connectivity index (χ3n) is 2.07. The van der Waals surface area contributed by atoms with E-state index >= 15 is 0 Å². The van der Waals surface area contributed by atoms with Gasteiger partial charge in [-0.2, -0.15) is 0 Å². The maximum atomic E-state index is 11.6. The Morgan fingerprint density at radius 2 is 1.07 bits per heavy atom. The van der Waals surface area contributed by atoms with E-state index in [-0.39, 0.29) is 12.1 Å². The van der Waals surface area contributed by atoms with Gasteiger partial charge < -0.3 is 0 Å². The standard InChI is InChI=1S/C9H14N2O3/c1-5(2)10-7(12)8(13)11(6(3)4)9(10)14/h5-6H,1-4H3. The highest BCUT2D eigenvalue weighted by molar-refractivity contribution is 6.44. The van der Waals surface area contributed by atoms with Crippen LogP contribution in [-0.4, -0.2) is 39.7 Å². The number of imide groups is 2. The monoisotopic (exact) mass is 198 g/mol. The van der Waals surface area contributed by atoms with Crippen molar-refractivity contribution in [3.8, 4) is 0 Å². The lowest BCUT2D eigenvalue weighted by atomic mass is 10.3. The van der Waals surface area contributed by atoms with Gasteiger partial charge in [-0.1, -0.05) is 0 Å². The number of amides is 4. The molecule has 0 radical (unpaired) electrons. The molecule has 5 heteroatoms. The van der Waals surface area contributed by atoms with Crippen molar-refractivity contribution in [2.75, 3.05) is 0 Å². The average molecular weight is 198 g/mol. The van der Waals surface area contributed by atoms with Crippen LogP contribution >= 0.6 is 0 Å². The second kappa shape index (κ2) is 3.40. The summed E-state index contributed by atoms with van der Waals surface area (Å²) in [7, 11) is 0. The number of rotatable bonds is 2. The van der Waals surface area contributed by atoms with Crippen molar-refractivity contribution in [3.05, 3.63) is 0 Å². The molecule has 1 rings (SSSR count). The molecule has 5 nitrogen and oxygen atoms in total. The first-order chi connectivity index (χ1) is 6.37. The molecule has 1 heterocycles. The van der Waals surface area contributed by atoms with Crippen molar-refractivity contribution in [1.82, 2.24) is 9.80 Å². The molecule has 0 spiro atoms. The van der Waals surface area contributed by atoms with E-state index in [1.165, 1.54) is 0 Å². The molecule has 0 bridgehead atoms. The molecule has 1 aliphatic heterocycles. The molecule has 78 valence electrons. The minimum absolute atomic E-state index is 0.275. The quantitative estimate of drug-likeness (QED) is 0.482. The van der Waals surface area contributed by atoms with Gasteiger partial charge in [0.1, 0.15) is 0 Å². The number of urea groups is 1. The van der Waals surface area contributed by atoms with E-state index in [1.54, 1.807) is 27.7 Å². The normalized spacial score (nSPS) is 18.0. The van der Waals surface area contributed by atoms with Crippen LogP contribution < -0.4 is 0 Å². The summed E-state index contributed by atoms with van der Waals surface area (Å²) in [6, 6.07) is -1.06. The van der Waals surface area contributed by atoms with E-state index in [2.05, 4.69) is 0 Å². The van der Waals surface area contributed by atoms with Crippen molar-refractivity contribution >= 4 is 17.8 Å². The molecule has 0 aromatic heterocycles. The zero-order valence-corrected chi connectivity index (χ0v) is 8.77. The Kier molecular flexibility index (Phi) is 2.59. The van der Waals surface area contributed by atoms with E-state index in [9.17, 15) is 14.4 Å². The van der Waals surface area contributed by atoms with Crippen LogP contribution in [0.5, 0.6) is 0 Å². The van der Waals surface area contributed by atoms with Crippen molar-refractivity contribution < 1.29 is 14.4 Å². The van der Waals surface area contributed by atoms with Gasteiger partial charge in [0.25, 0.3) is 0 Å². The highest BCUT2D eigenvalue weighted by Gasteiger charge is 2.46. The first kappa shape index (κ1) is 10.7. The predicted octanol–water partition coefficient (Wildman–Crippen LogP) is 0.594. The fourth-order valence-corrected chi connectivity index (χ4v) is 1.41. The fraction of sp³-hybridized carbons (Fsp3) is 0.667. The lowest BCUT2D eigenvalue weighted by Gasteiger charge is -2.20. The molecule has 1 fully saturated rings. The number of carbonyl (C=O) groups is 3. The van der Waals surface area contributed by atoms with E-state index in [0.717, 1.165) is 9.80 Å². The van der Waals surface area contributed by atoms with Gasteiger partial charge in [-0.15, -0.1) is 0 Å². The van der Waals surface area contributed by atoms with Crippen molar-refractivity contribution in [2.45, 2.75) is 39.8 Å². The summed E-state index contributed by atoms with van der Waals surface area (Å²) in [5.74, 6) is -1.45. The molecule has 0 N–H and O–H groups in total. The second-order valence-corrected chi connectivity index (χ2v) is 3.82. The predicted molar refractivity (Wildman–Crippen MR) is 49.4 cm³/mol. The highest BCUT2D eigenvalue weighted by atomic mass is 16.2. The lowest BCUT2D eigenvalue weighted by molar-refractivity contribution is -0.144. The maximum Gasteiger partial charge on any atom is 0.334 e. The topological polar surface area (TPSA) is 57.7 Å². The van der Waals surface area contributed by atoms with Crippen molar-refractivity contribution in [1.29, 1.82) is 0 Å². The van der Waals surface area contributed by atoms with Gasteiger partial charge in [0.2, 0.25) is 0 Å². The Bertz CT molecular complexity index is 268. The summed E-state index contributed by atoms with van der Waals surface area (Å²) in [5.41, 5.74) is 0. The second-order valence-electron chi connectivity index (χ2n) is 3.82.